The molecule has 2 heterocycles. The number of benzene rings is 2. The zero-order valence-electron chi connectivity index (χ0n) is 16.5. The maximum atomic E-state index is 12.8. The van der Waals surface area contributed by atoms with Crippen molar-refractivity contribution in [3.05, 3.63) is 75.6 Å². The van der Waals surface area contributed by atoms with Gasteiger partial charge in [-0.25, -0.2) is 0 Å². The molecule has 0 bridgehead atoms. The van der Waals surface area contributed by atoms with Gasteiger partial charge in [0.2, 0.25) is 11.8 Å². The zero-order valence-corrected chi connectivity index (χ0v) is 16.5. The number of hydrogen-bond acceptors (Lipinski definition) is 3. The number of aromatic nitrogens is 1. The van der Waals surface area contributed by atoms with Crippen LogP contribution < -0.4 is 15.8 Å². The second-order valence-electron chi connectivity index (χ2n) is 7.52. The molecule has 2 aromatic carbocycles. The Morgan fingerprint density at radius 3 is 2.59 bits per heavy atom. The quantitative estimate of drug-likeness (QED) is 0.720. The standard InChI is InChI=1S/C23H23N3O3/c1-14-10-16-12-17(22(28)25-19(16)11-15(14)2)13-24-23(29)20-8-9-21(27)26(20)18-6-4-3-5-7-18/h3-7,10-12,20H,8-9,13H2,1-2H3,(H,24,29)(H,25,28). The van der Waals surface area contributed by atoms with E-state index in [0.717, 1.165) is 22.0 Å². The molecule has 0 spiro atoms. The molecule has 0 radical (unpaired) electrons. The van der Waals surface area contributed by atoms with E-state index in [0.29, 0.717) is 24.1 Å². The van der Waals surface area contributed by atoms with E-state index in [1.165, 1.54) is 0 Å². The lowest BCUT2D eigenvalue weighted by Gasteiger charge is -2.24. The maximum Gasteiger partial charge on any atom is 0.253 e. The fraction of sp³-hybridized carbons (Fsp3) is 0.261. The Morgan fingerprint density at radius 1 is 1.10 bits per heavy atom. The van der Waals surface area contributed by atoms with Crippen molar-refractivity contribution < 1.29 is 9.59 Å². The first-order valence-electron chi connectivity index (χ1n) is 9.72. The Hall–Kier alpha value is -3.41. The number of nitrogens with one attached hydrogen (secondary N) is 2. The van der Waals surface area contributed by atoms with E-state index in [1.54, 1.807) is 4.90 Å². The second-order valence-corrected chi connectivity index (χ2v) is 7.52. The first-order valence-corrected chi connectivity index (χ1v) is 9.72. The average Bonchev–Trinajstić information content (AvgIpc) is 3.10. The van der Waals surface area contributed by atoms with Crippen LogP contribution in [0, 0.1) is 13.8 Å². The van der Waals surface area contributed by atoms with Gasteiger partial charge in [0.25, 0.3) is 5.56 Å². The molecule has 1 aromatic heterocycles. The molecule has 0 saturated carbocycles. The minimum Gasteiger partial charge on any atom is -0.350 e. The SMILES string of the molecule is Cc1cc2cc(CNC(=O)C3CCC(=O)N3c3ccccc3)c(=O)[nH]c2cc1C. The number of H-pyrrole nitrogens is 1. The smallest absolute Gasteiger partial charge is 0.253 e. The van der Waals surface area contributed by atoms with E-state index in [2.05, 4.69) is 10.3 Å². The predicted octanol–water partition coefficient (Wildman–Crippen LogP) is 2.96. The molecular formula is C23H23N3O3. The van der Waals surface area contributed by atoms with Crippen LogP contribution in [0.1, 0.15) is 29.5 Å². The van der Waals surface area contributed by atoms with Gasteiger partial charge in [0.15, 0.2) is 0 Å². The summed E-state index contributed by atoms with van der Waals surface area (Å²) in [4.78, 5) is 42.0. The molecule has 6 heteroatoms. The fourth-order valence-corrected chi connectivity index (χ4v) is 3.80. The summed E-state index contributed by atoms with van der Waals surface area (Å²) >= 11 is 0. The molecule has 1 saturated heterocycles. The van der Waals surface area contributed by atoms with E-state index in [1.807, 2.05) is 62.4 Å². The molecule has 148 valence electrons. The number of carbonyl (C=O) groups excluding carboxylic acids is 2. The first kappa shape index (κ1) is 18.9. The van der Waals surface area contributed by atoms with Gasteiger partial charge >= 0.3 is 0 Å². The summed E-state index contributed by atoms with van der Waals surface area (Å²) in [5.74, 6) is -0.315. The van der Waals surface area contributed by atoms with Crippen LogP contribution in [0.3, 0.4) is 0 Å². The first-order chi connectivity index (χ1) is 13.9. The second kappa shape index (κ2) is 7.54. The third-order valence-corrected chi connectivity index (χ3v) is 5.54. The van der Waals surface area contributed by atoms with Gasteiger partial charge in [-0.1, -0.05) is 18.2 Å². The normalized spacial score (nSPS) is 16.4. The molecule has 2 N–H and O–H groups in total. The molecule has 1 aliphatic rings. The topological polar surface area (TPSA) is 82.3 Å². The van der Waals surface area contributed by atoms with E-state index >= 15 is 0 Å². The van der Waals surface area contributed by atoms with Crippen molar-refractivity contribution in [2.75, 3.05) is 4.90 Å². The minimum atomic E-state index is -0.561. The Labute approximate surface area is 168 Å². The lowest BCUT2D eigenvalue weighted by atomic mass is 10.0. The van der Waals surface area contributed by atoms with Crippen LogP contribution in [0.5, 0.6) is 0 Å². The zero-order chi connectivity index (χ0) is 20.5. The van der Waals surface area contributed by atoms with Gasteiger partial charge in [-0.2, -0.15) is 0 Å². The summed E-state index contributed by atoms with van der Waals surface area (Å²) in [6.45, 7) is 4.14. The van der Waals surface area contributed by atoms with Gasteiger partial charge in [0.1, 0.15) is 6.04 Å². The van der Waals surface area contributed by atoms with E-state index in [9.17, 15) is 14.4 Å². The van der Waals surface area contributed by atoms with Crippen molar-refractivity contribution in [3.8, 4) is 0 Å². The molecule has 3 aromatic rings. The van der Waals surface area contributed by atoms with Gasteiger partial charge in [-0.05, 0) is 67.1 Å². The van der Waals surface area contributed by atoms with Crippen molar-refractivity contribution >= 4 is 28.4 Å². The number of carbonyl (C=O) groups is 2. The van der Waals surface area contributed by atoms with Gasteiger partial charge in [-0.3, -0.25) is 19.3 Å². The Balaban J connectivity index is 1.53. The lowest BCUT2D eigenvalue weighted by Crippen LogP contribution is -2.45. The van der Waals surface area contributed by atoms with Gasteiger partial charge in [0, 0.05) is 29.7 Å². The van der Waals surface area contributed by atoms with Crippen LogP contribution in [-0.4, -0.2) is 22.8 Å². The number of rotatable bonds is 4. The van der Waals surface area contributed by atoms with Crippen molar-refractivity contribution in [1.29, 1.82) is 0 Å². The average molecular weight is 389 g/mol. The molecular weight excluding hydrogens is 366 g/mol. The summed E-state index contributed by atoms with van der Waals surface area (Å²) < 4.78 is 0. The number of para-hydroxylation sites is 1. The number of aryl methyl sites for hydroxylation is 2. The monoisotopic (exact) mass is 389 g/mol. The van der Waals surface area contributed by atoms with Crippen molar-refractivity contribution in [2.45, 2.75) is 39.3 Å². The summed E-state index contributed by atoms with van der Waals surface area (Å²) in [5.41, 5.74) is 4.02. The Kier molecular flexibility index (Phi) is 4.92. The van der Waals surface area contributed by atoms with Crippen molar-refractivity contribution in [2.24, 2.45) is 0 Å². The number of aromatic amines is 1. The molecule has 1 fully saturated rings. The van der Waals surface area contributed by atoms with Gasteiger partial charge < -0.3 is 10.3 Å². The van der Waals surface area contributed by atoms with E-state index < -0.39 is 6.04 Å². The summed E-state index contributed by atoms with van der Waals surface area (Å²) in [7, 11) is 0. The van der Waals surface area contributed by atoms with Crippen molar-refractivity contribution in [3.63, 3.8) is 0 Å². The van der Waals surface area contributed by atoms with Crippen LogP contribution >= 0.6 is 0 Å². The summed E-state index contributed by atoms with van der Waals surface area (Å²) in [5, 5.41) is 3.77. The van der Waals surface area contributed by atoms with E-state index in [4.69, 9.17) is 0 Å². The molecule has 2 amide bonds. The number of fused-ring (bicyclic) bond motifs is 1. The van der Waals surface area contributed by atoms with E-state index in [-0.39, 0.29) is 23.9 Å². The largest absolute Gasteiger partial charge is 0.350 e. The highest BCUT2D eigenvalue weighted by Gasteiger charge is 2.36. The number of pyridine rings is 1. The van der Waals surface area contributed by atoms with Crippen LogP contribution in [0.15, 0.2) is 53.3 Å². The molecule has 4 rings (SSSR count). The van der Waals surface area contributed by atoms with Crippen LogP contribution in [-0.2, 0) is 16.1 Å². The number of amides is 2. The molecule has 6 nitrogen and oxygen atoms in total. The lowest BCUT2D eigenvalue weighted by molar-refractivity contribution is -0.124. The molecule has 29 heavy (non-hydrogen) atoms. The summed E-state index contributed by atoms with van der Waals surface area (Å²) in [6.07, 6.45) is 0.800. The number of anilines is 1. The number of hydrogen-bond donors (Lipinski definition) is 2. The Morgan fingerprint density at radius 2 is 1.83 bits per heavy atom. The molecule has 0 aliphatic carbocycles. The van der Waals surface area contributed by atoms with Crippen LogP contribution in [0.4, 0.5) is 5.69 Å². The minimum absolute atomic E-state index is 0.0641. The fourth-order valence-electron chi connectivity index (χ4n) is 3.80. The van der Waals surface area contributed by atoms with Crippen LogP contribution in [0.25, 0.3) is 10.9 Å². The highest BCUT2D eigenvalue weighted by atomic mass is 16.2. The Bertz CT molecular complexity index is 1150. The molecule has 1 aliphatic heterocycles. The van der Waals surface area contributed by atoms with Crippen molar-refractivity contribution in [1.82, 2.24) is 10.3 Å². The van der Waals surface area contributed by atoms with Gasteiger partial charge in [0.05, 0.1) is 0 Å². The molecule has 1 atom stereocenters. The highest BCUT2D eigenvalue weighted by Crippen LogP contribution is 2.26. The summed E-state index contributed by atoms with van der Waals surface area (Å²) in [6, 6.07) is 14.4. The number of nitrogens with zero attached hydrogens (tertiary/aromatic N) is 1. The maximum absolute atomic E-state index is 12.8. The highest BCUT2D eigenvalue weighted by molar-refractivity contribution is 6.03. The third-order valence-electron chi connectivity index (χ3n) is 5.54. The van der Waals surface area contributed by atoms with Crippen LogP contribution in [0.2, 0.25) is 0 Å². The van der Waals surface area contributed by atoms with Gasteiger partial charge in [-0.15, -0.1) is 0 Å². The predicted molar refractivity (Wildman–Crippen MR) is 113 cm³/mol. The third kappa shape index (κ3) is 3.66. The molecule has 1 unspecified atom stereocenters.